The number of hydrogen-bond donors (Lipinski definition) is 6. The molecular weight excluding hydrogens is 272 g/mol. The highest BCUT2D eigenvalue weighted by molar-refractivity contribution is 5.81. The average Bonchev–Trinajstić information content (AvgIpc) is 2.50. The first-order valence-corrected chi connectivity index (χ1v) is 7.27. The molecule has 7 N–H and O–H groups in total. The Labute approximate surface area is 128 Å². The van der Waals surface area contributed by atoms with E-state index in [2.05, 4.69) is 16.0 Å². The van der Waals surface area contributed by atoms with Crippen LogP contribution in [0.4, 0.5) is 0 Å². The zero-order chi connectivity index (χ0) is 17.1. The maximum absolute atomic E-state index is 11.5. The molecular formula is C14H34N4O3. The van der Waals surface area contributed by atoms with Gasteiger partial charge in [-0.3, -0.25) is 4.79 Å². The van der Waals surface area contributed by atoms with Crippen molar-refractivity contribution >= 4 is 5.91 Å². The second kappa shape index (κ2) is 11.9. The van der Waals surface area contributed by atoms with Gasteiger partial charge in [-0.15, -0.1) is 0 Å². The first-order chi connectivity index (χ1) is 9.65. The zero-order valence-electron chi connectivity index (χ0n) is 14.2. The summed E-state index contributed by atoms with van der Waals surface area (Å²) in [5.74, 6) is -0.448. The first-order valence-electron chi connectivity index (χ1n) is 7.27. The maximum atomic E-state index is 11.5. The van der Waals surface area contributed by atoms with Gasteiger partial charge in [-0.1, -0.05) is 13.8 Å². The monoisotopic (exact) mass is 306 g/mol. The van der Waals surface area contributed by atoms with E-state index in [1.165, 1.54) is 0 Å². The molecule has 0 radical (unpaired) electrons. The van der Waals surface area contributed by atoms with Gasteiger partial charge in [0.25, 0.3) is 0 Å². The Kier molecular flexibility index (Phi) is 12.8. The molecule has 7 heteroatoms. The molecule has 21 heavy (non-hydrogen) atoms. The third kappa shape index (κ3) is 10.6. The van der Waals surface area contributed by atoms with Crippen molar-refractivity contribution < 1.29 is 15.0 Å². The van der Waals surface area contributed by atoms with E-state index >= 15 is 0 Å². The van der Waals surface area contributed by atoms with Gasteiger partial charge in [0.05, 0.1) is 6.61 Å². The summed E-state index contributed by atoms with van der Waals surface area (Å²) in [7, 11) is 3.70. The Hall–Kier alpha value is -0.730. The van der Waals surface area contributed by atoms with Gasteiger partial charge in [0, 0.05) is 30.6 Å². The van der Waals surface area contributed by atoms with Crippen molar-refractivity contribution in [3.63, 3.8) is 0 Å². The standard InChI is InChI=1S/C10H22N2O3.C4H12N2/c1-7(11-4)5-12-9(15)8(14)10(2,3)6-13;1-4(3-5)6-2/h7-8,11,13-14H,5-6H2,1-4H3,(H,12,15);4,6H,3,5H2,1-2H3. The number of carbonyl (C=O) groups excluding carboxylic acids is 1. The van der Waals surface area contributed by atoms with Crippen LogP contribution in [0.5, 0.6) is 0 Å². The minimum atomic E-state index is -1.19. The third-order valence-corrected chi connectivity index (χ3v) is 3.32. The molecule has 7 nitrogen and oxygen atoms in total. The van der Waals surface area contributed by atoms with Crippen LogP contribution in [0.25, 0.3) is 0 Å². The van der Waals surface area contributed by atoms with Crippen LogP contribution in [-0.2, 0) is 4.79 Å². The van der Waals surface area contributed by atoms with E-state index in [1.807, 2.05) is 20.9 Å². The fourth-order valence-corrected chi connectivity index (χ4v) is 1.01. The Balaban J connectivity index is 0. The number of aliphatic hydroxyl groups is 2. The molecule has 3 atom stereocenters. The number of amides is 1. The quantitative estimate of drug-likeness (QED) is 0.330. The van der Waals surface area contributed by atoms with Crippen LogP contribution in [0.1, 0.15) is 27.7 Å². The number of rotatable bonds is 8. The number of aliphatic hydroxyl groups excluding tert-OH is 2. The molecule has 0 fully saturated rings. The van der Waals surface area contributed by atoms with Crippen LogP contribution in [0.3, 0.4) is 0 Å². The summed E-state index contributed by atoms with van der Waals surface area (Å²) in [6.45, 7) is 8.18. The predicted molar refractivity (Wildman–Crippen MR) is 86.0 cm³/mol. The second-order valence-corrected chi connectivity index (χ2v) is 5.91. The lowest BCUT2D eigenvalue weighted by molar-refractivity contribution is -0.137. The lowest BCUT2D eigenvalue weighted by Gasteiger charge is -2.27. The summed E-state index contributed by atoms with van der Waals surface area (Å²) in [6, 6.07) is 0.614. The lowest BCUT2D eigenvalue weighted by atomic mass is 9.87. The van der Waals surface area contributed by atoms with Gasteiger partial charge in [0.1, 0.15) is 6.10 Å². The SMILES string of the molecule is CNC(C)CN.CNC(C)CNC(=O)C(O)C(C)(C)CO. The maximum Gasteiger partial charge on any atom is 0.249 e. The molecule has 0 rings (SSSR count). The van der Waals surface area contributed by atoms with E-state index in [-0.39, 0.29) is 12.6 Å². The molecule has 0 saturated heterocycles. The van der Waals surface area contributed by atoms with Crippen LogP contribution in [0.2, 0.25) is 0 Å². The molecule has 0 saturated carbocycles. The van der Waals surface area contributed by atoms with Crippen molar-refractivity contribution in [3.8, 4) is 0 Å². The highest BCUT2D eigenvalue weighted by Gasteiger charge is 2.32. The first kappa shape index (κ1) is 22.5. The molecule has 0 aromatic heterocycles. The smallest absolute Gasteiger partial charge is 0.249 e. The molecule has 1 amide bonds. The van der Waals surface area contributed by atoms with Crippen LogP contribution < -0.4 is 21.7 Å². The number of nitrogens with one attached hydrogen (secondary N) is 3. The number of hydrogen-bond acceptors (Lipinski definition) is 6. The predicted octanol–water partition coefficient (Wildman–Crippen LogP) is -1.36. The van der Waals surface area contributed by atoms with Gasteiger partial charge < -0.3 is 31.9 Å². The zero-order valence-corrected chi connectivity index (χ0v) is 14.2. The van der Waals surface area contributed by atoms with Crippen LogP contribution in [-0.4, -0.2) is 68.1 Å². The normalized spacial score (nSPS) is 15.5. The average molecular weight is 306 g/mol. The van der Waals surface area contributed by atoms with Gasteiger partial charge in [-0.25, -0.2) is 0 Å². The van der Waals surface area contributed by atoms with E-state index in [9.17, 15) is 9.90 Å². The van der Waals surface area contributed by atoms with E-state index in [1.54, 1.807) is 20.9 Å². The number of nitrogens with two attached hydrogens (primary N) is 1. The highest BCUT2D eigenvalue weighted by atomic mass is 16.3. The minimum Gasteiger partial charge on any atom is -0.396 e. The number of carbonyl (C=O) groups is 1. The molecule has 0 heterocycles. The molecule has 128 valence electrons. The summed E-state index contributed by atoms with van der Waals surface area (Å²) in [4.78, 5) is 11.5. The van der Waals surface area contributed by atoms with Crippen LogP contribution in [0, 0.1) is 5.41 Å². The summed E-state index contributed by atoms with van der Waals surface area (Å²) in [5, 5.41) is 27.2. The van der Waals surface area contributed by atoms with Crippen molar-refractivity contribution in [3.05, 3.63) is 0 Å². The lowest BCUT2D eigenvalue weighted by Crippen LogP contribution is -2.48. The summed E-state index contributed by atoms with van der Waals surface area (Å²) < 4.78 is 0. The van der Waals surface area contributed by atoms with Gasteiger partial charge in [0.15, 0.2) is 0 Å². The molecule has 0 aliphatic carbocycles. The van der Waals surface area contributed by atoms with Gasteiger partial charge in [0.2, 0.25) is 5.91 Å². The fourth-order valence-electron chi connectivity index (χ4n) is 1.01. The van der Waals surface area contributed by atoms with Crippen molar-refractivity contribution in [2.75, 3.05) is 33.8 Å². The van der Waals surface area contributed by atoms with Crippen molar-refractivity contribution in [1.29, 1.82) is 0 Å². The molecule has 3 unspecified atom stereocenters. The summed E-state index contributed by atoms with van der Waals surface area (Å²) in [5.41, 5.74) is 4.41. The molecule has 0 aromatic rings. The fraction of sp³-hybridized carbons (Fsp3) is 0.929. The molecule has 0 aliphatic rings. The molecule has 0 aromatic carbocycles. The van der Waals surface area contributed by atoms with E-state index in [0.29, 0.717) is 12.6 Å². The van der Waals surface area contributed by atoms with E-state index in [4.69, 9.17) is 10.8 Å². The van der Waals surface area contributed by atoms with Crippen molar-refractivity contribution in [2.24, 2.45) is 11.1 Å². The third-order valence-electron chi connectivity index (χ3n) is 3.32. The van der Waals surface area contributed by atoms with E-state index in [0.717, 1.165) is 6.54 Å². The second-order valence-electron chi connectivity index (χ2n) is 5.91. The Morgan fingerprint density at radius 1 is 1.19 bits per heavy atom. The largest absolute Gasteiger partial charge is 0.396 e. The Morgan fingerprint density at radius 3 is 1.95 bits per heavy atom. The van der Waals surface area contributed by atoms with E-state index < -0.39 is 17.4 Å². The summed E-state index contributed by atoms with van der Waals surface area (Å²) in [6.07, 6.45) is -1.19. The summed E-state index contributed by atoms with van der Waals surface area (Å²) >= 11 is 0. The molecule has 0 bridgehead atoms. The van der Waals surface area contributed by atoms with Gasteiger partial charge in [-0.05, 0) is 27.9 Å². The Bertz CT molecular complexity index is 271. The van der Waals surface area contributed by atoms with Crippen LogP contribution in [0.15, 0.2) is 0 Å². The van der Waals surface area contributed by atoms with Gasteiger partial charge in [-0.2, -0.15) is 0 Å². The Morgan fingerprint density at radius 2 is 1.67 bits per heavy atom. The van der Waals surface area contributed by atoms with Gasteiger partial charge >= 0.3 is 0 Å². The topological polar surface area (TPSA) is 120 Å². The minimum absolute atomic E-state index is 0.151. The van der Waals surface area contributed by atoms with Crippen molar-refractivity contribution in [2.45, 2.75) is 45.9 Å². The molecule has 0 aliphatic heterocycles. The highest BCUT2D eigenvalue weighted by Crippen LogP contribution is 2.19. The van der Waals surface area contributed by atoms with Crippen LogP contribution >= 0.6 is 0 Å². The molecule has 0 spiro atoms. The van der Waals surface area contributed by atoms with Crippen molar-refractivity contribution in [1.82, 2.24) is 16.0 Å². The number of likely N-dealkylation sites (N-methyl/N-ethyl adjacent to an activating group) is 2.